The van der Waals surface area contributed by atoms with Crippen LogP contribution in [0.2, 0.25) is 0 Å². The van der Waals surface area contributed by atoms with Gasteiger partial charge in [0, 0.05) is 12.0 Å². The molecule has 1 amide bonds. The number of hydrogen-bond donors (Lipinski definition) is 0. The molecule has 1 aliphatic rings. The molecule has 17 heavy (non-hydrogen) atoms. The first-order chi connectivity index (χ1) is 7.94. The summed E-state index contributed by atoms with van der Waals surface area (Å²) >= 11 is 0. The van der Waals surface area contributed by atoms with E-state index < -0.39 is 17.4 Å². The van der Waals surface area contributed by atoms with E-state index in [-0.39, 0.29) is 12.5 Å². The third kappa shape index (κ3) is 2.97. The van der Waals surface area contributed by atoms with E-state index in [4.69, 9.17) is 9.47 Å². The molecule has 0 N–H and O–H groups in total. The lowest BCUT2D eigenvalue weighted by Gasteiger charge is -2.38. The van der Waals surface area contributed by atoms with Crippen LogP contribution < -0.4 is 0 Å². The number of carbonyl (C=O) groups is 2. The highest BCUT2D eigenvalue weighted by molar-refractivity contribution is 5.87. The fraction of sp³-hybridized carbons (Fsp3) is 0.833. The maximum Gasteiger partial charge on any atom is 0.331 e. The Hall–Kier alpha value is -1.10. The van der Waals surface area contributed by atoms with Crippen LogP contribution in [0.5, 0.6) is 0 Å². The number of methoxy groups -OCH3 is 1. The van der Waals surface area contributed by atoms with Gasteiger partial charge in [0.25, 0.3) is 0 Å². The van der Waals surface area contributed by atoms with E-state index in [9.17, 15) is 9.59 Å². The number of rotatable bonds is 3. The van der Waals surface area contributed by atoms with Gasteiger partial charge >= 0.3 is 5.97 Å². The first-order valence-corrected chi connectivity index (χ1v) is 5.90. The highest BCUT2D eigenvalue weighted by Gasteiger charge is 2.39. The Morgan fingerprint density at radius 2 is 2.12 bits per heavy atom. The van der Waals surface area contributed by atoms with Crippen molar-refractivity contribution in [2.75, 3.05) is 26.9 Å². The van der Waals surface area contributed by atoms with Gasteiger partial charge in [0.2, 0.25) is 5.91 Å². The number of carbonyl (C=O) groups excluding carboxylic acids is 2. The molecular weight excluding hydrogens is 222 g/mol. The molecule has 0 spiro atoms. The molecule has 0 saturated carbocycles. The second kappa shape index (κ2) is 5.49. The average Bonchev–Trinajstić information content (AvgIpc) is 2.36. The Kier molecular flexibility index (Phi) is 4.51. The Morgan fingerprint density at radius 1 is 1.47 bits per heavy atom. The topological polar surface area (TPSA) is 55.8 Å². The summed E-state index contributed by atoms with van der Waals surface area (Å²) in [6.45, 7) is 6.88. The lowest BCUT2D eigenvalue weighted by atomic mass is 9.88. The van der Waals surface area contributed by atoms with Crippen molar-refractivity contribution in [3.05, 3.63) is 0 Å². The van der Waals surface area contributed by atoms with Gasteiger partial charge in [0.05, 0.1) is 20.3 Å². The van der Waals surface area contributed by atoms with Crippen molar-refractivity contribution in [3.63, 3.8) is 0 Å². The molecule has 1 atom stereocenters. The number of ether oxygens (including phenoxy) is 2. The molecule has 0 aliphatic carbocycles. The van der Waals surface area contributed by atoms with E-state index in [0.29, 0.717) is 13.2 Å². The summed E-state index contributed by atoms with van der Waals surface area (Å²) in [4.78, 5) is 25.5. The molecule has 1 rings (SSSR count). The monoisotopic (exact) mass is 243 g/mol. The van der Waals surface area contributed by atoms with Crippen LogP contribution in [0.3, 0.4) is 0 Å². The average molecular weight is 243 g/mol. The zero-order valence-corrected chi connectivity index (χ0v) is 11.0. The molecule has 1 aliphatic heterocycles. The van der Waals surface area contributed by atoms with Gasteiger partial charge in [-0.2, -0.15) is 0 Å². The van der Waals surface area contributed by atoms with Gasteiger partial charge < -0.3 is 14.4 Å². The van der Waals surface area contributed by atoms with Gasteiger partial charge in [-0.05, 0) is 6.42 Å². The molecule has 1 saturated heterocycles. The smallest absolute Gasteiger partial charge is 0.331 e. The van der Waals surface area contributed by atoms with E-state index in [1.165, 1.54) is 7.11 Å². The SMILES string of the molecule is CCC(C)(C)C(=O)N1CCOCC1C(=O)OC. The predicted molar refractivity (Wildman–Crippen MR) is 62.4 cm³/mol. The van der Waals surface area contributed by atoms with Crippen LogP contribution in [0.4, 0.5) is 0 Å². The highest BCUT2D eigenvalue weighted by Crippen LogP contribution is 2.25. The Labute approximate surface area is 102 Å². The van der Waals surface area contributed by atoms with Crippen molar-refractivity contribution < 1.29 is 19.1 Å². The Morgan fingerprint density at radius 3 is 2.65 bits per heavy atom. The van der Waals surface area contributed by atoms with E-state index in [2.05, 4.69) is 0 Å². The van der Waals surface area contributed by atoms with Crippen molar-refractivity contribution in [1.82, 2.24) is 4.90 Å². The van der Waals surface area contributed by atoms with Crippen molar-refractivity contribution >= 4 is 11.9 Å². The minimum absolute atomic E-state index is 0.0151. The maximum absolute atomic E-state index is 12.3. The molecule has 0 aromatic carbocycles. The first-order valence-electron chi connectivity index (χ1n) is 5.90. The zero-order chi connectivity index (χ0) is 13.1. The van der Waals surface area contributed by atoms with Crippen LogP contribution >= 0.6 is 0 Å². The molecule has 0 bridgehead atoms. The van der Waals surface area contributed by atoms with Crippen LogP contribution in [-0.4, -0.2) is 49.7 Å². The third-order valence-corrected chi connectivity index (χ3v) is 3.33. The fourth-order valence-electron chi connectivity index (χ4n) is 1.72. The summed E-state index contributed by atoms with van der Waals surface area (Å²) in [7, 11) is 1.32. The van der Waals surface area contributed by atoms with Crippen molar-refractivity contribution in [1.29, 1.82) is 0 Å². The van der Waals surface area contributed by atoms with E-state index in [1.54, 1.807) is 4.90 Å². The molecule has 1 unspecified atom stereocenters. The lowest BCUT2D eigenvalue weighted by molar-refractivity contribution is -0.164. The van der Waals surface area contributed by atoms with Gasteiger partial charge in [-0.3, -0.25) is 4.79 Å². The minimum atomic E-state index is -0.605. The van der Waals surface area contributed by atoms with Crippen LogP contribution in [0, 0.1) is 5.41 Å². The van der Waals surface area contributed by atoms with Gasteiger partial charge in [-0.25, -0.2) is 4.79 Å². The molecule has 0 aromatic rings. The summed E-state index contributed by atoms with van der Waals surface area (Å²) in [6.07, 6.45) is 0.733. The standard InChI is InChI=1S/C12H21NO4/c1-5-12(2,3)11(15)13-6-7-17-8-9(13)10(14)16-4/h9H,5-8H2,1-4H3. The minimum Gasteiger partial charge on any atom is -0.467 e. The lowest BCUT2D eigenvalue weighted by Crippen LogP contribution is -2.56. The van der Waals surface area contributed by atoms with Gasteiger partial charge in [0.1, 0.15) is 0 Å². The molecule has 1 fully saturated rings. The van der Waals surface area contributed by atoms with E-state index in [0.717, 1.165) is 6.42 Å². The van der Waals surface area contributed by atoms with Crippen molar-refractivity contribution in [3.8, 4) is 0 Å². The quantitative estimate of drug-likeness (QED) is 0.689. The molecule has 0 aromatic heterocycles. The summed E-state index contributed by atoms with van der Waals surface area (Å²) < 4.78 is 9.94. The zero-order valence-electron chi connectivity index (χ0n) is 11.0. The normalized spacial score (nSPS) is 21.2. The molecule has 5 nitrogen and oxygen atoms in total. The highest BCUT2D eigenvalue weighted by atomic mass is 16.5. The van der Waals surface area contributed by atoms with Gasteiger partial charge in [-0.15, -0.1) is 0 Å². The second-order valence-corrected chi connectivity index (χ2v) is 4.85. The molecule has 0 radical (unpaired) electrons. The second-order valence-electron chi connectivity index (χ2n) is 4.85. The van der Waals surface area contributed by atoms with Crippen molar-refractivity contribution in [2.45, 2.75) is 33.2 Å². The predicted octanol–water partition coefficient (Wildman–Crippen LogP) is 0.823. The molecule has 98 valence electrons. The fourth-order valence-corrected chi connectivity index (χ4v) is 1.72. The van der Waals surface area contributed by atoms with Gasteiger partial charge in [0.15, 0.2) is 6.04 Å². The number of amides is 1. The van der Waals surface area contributed by atoms with Crippen LogP contribution in [0.1, 0.15) is 27.2 Å². The summed E-state index contributed by atoms with van der Waals surface area (Å²) in [6, 6.07) is -0.605. The van der Waals surface area contributed by atoms with E-state index >= 15 is 0 Å². The summed E-state index contributed by atoms with van der Waals surface area (Å²) in [5, 5.41) is 0. The molecular formula is C12H21NO4. The van der Waals surface area contributed by atoms with Gasteiger partial charge in [-0.1, -0.05) is 20.8 Å². The van der Waals surface area contributed by atoms with Crippen LogP contribution in [0.15, 0.2) is 0 Å². The van der Waals surface area contributed by atoms with Crippen LogP contribution in [-0.2, 0) is 19.1 Å². The van der Waals surface area contributed by atoms with Crippen molar-refractivity contribution in [2.24, 2.45) is 5.41 Å². The molecule has 1 heterocycles. The van der Waals surface area contributed by atoms with Crippen LogP contribution in [0.25, 0.3) is 0 Å². The number of esters is 1. The maximum atomic E-state index is 12.3. The number of morpholine rings is 1. The Bertz CT molecular complexity index is 301. The van der Waals surface area contributed by atoms with E-state index in [1.807, 2.05) is 20.8 Å². The Balaban J connectivity index is 2.85. The largest absolute Gasteiger partial charge is 0.467 e. The number of hydrogen-bond acceptors (Lipinski definition) is 4. The number of nitrogens with zero attached hydrogens (tertiary/aromatic N) is 1. The summed E-state index contributed by atoms with van der Waals surface area (Å²) in [5.41, 5.74) is -0.455. The third-order valence-electron chi connectivity index (χ3n) is 3.33. The molecule has 5 heteroatoms. The first kappa shape index (κ1) is 14.0. The summed E-state index contributed by atoms with van der Waals surface area (Å²) in [5.74, 6) is -0.427.